The number of carbonyl (C=O) groups excluding carboxylic acids is 5. The van der Waals surface area contributed by atoms with Crippen LogP contribution in [0.15, 0.2) is 36.4 Å². The number of aromatic nitrogens is 2. The second-order valence-corrected chi connectivity index (χ2v) is 18.5. The van der Waals surface area contributed by atoms with E-state index in [1.165, 1.54) is 15.9 Å². The van der Waals surface area contributed by atoms with Gasteiger partial charge in [-0.3, -0.25) is 32.8 Å². The van der Waals surface area contributed by atoms with Crippen LogP contribution >= 0.6 is 7.60 Å². The average molecular weight is 847 g/mol. The lowest BCUT2D eigenvalue weighted by Crippen LogP contribution is -2.57. The number of anilines is 1. The van der Waals surface area contributed by atoms with E-state index in [1.54, 1.807) is 60.8 Å². The Morgan fingerprint density at radius 2 is 1.44 bits per heavy atom. The maximum atomic E-state index is 14.5. The van der Waals surface area contributed by atoms with E-state index >= 15 is 0 Å². The van der Waals surface area contributed by atoms with Gasteiger partial charge in [-0.25, -0.2) is 14.8 Å². The van der Waals surface area contributed by atoms with Crippen molar-refractivity contribution in [3.63, 3.8) is 0 Å². The van der Waals surface area contributed by atoms with Crippen LogP contribution in [-0.4, -0.2) is 134 Å². The lowest BCUT2D eigenvalue weighted by Gasteiger charge is -2.36. The number of methoxy groups -OCH3 is 1. The molecule has 2 fully saturated rings. The molecule has 59 heavy (non-hydrogen) atoms. The highest BCUT2D eigenvalue weighted by atomic mass is 31.2. The van der Waals surface area contributed by atoms with Crippen LogP contribution in [0.4, 0.5) is 10.6 Å². The van der Waals surface area contributed by atoms with Crippen molar-refractivity contribution < 1.29 is 56.5 Å². The van der Waals surface area contributed by atoms with Gasteiger partial charge in [0.15, 0.2) is 5.82 Å². The average Bonchev–Trinajstić information content (AvgIpc) is 3.69. The standard InChI is InChI=1S/C40H59N6O12P/c1-9-10-22-54-38(51)45-20-18-44(19-21-45)35(48)31(25-59(52,57-26-55-36(49)39(2,3)4)58-27-56-37(50)40(5,6)7)42-34(47)30-23-32(46-17-16-29(24-46)53-8)43-33(41-30)28-14-12-11-13-15-28/h11-15,23,29,31H,9-10,16-22,24-27H2,1-8H3,(H,42,47)/t29-,31-/m0/s1. The molecule has 0 aliphatic carbocycles. The zero-order valence-corrected chi connectivity index (χ0v) is 36.3. The molecule has 4 rings (SSSR count). The second kappa shape index (κ2) is 21.1. The monoisotopic (exact) mass is 846 g/mol. The number of piperazine rings is 1. The van der Waals surface area contributed by atoms with Crippen molar-refractivity contribution in [2.75, 3.05) is 77.6 Å². The zero-order valence-electron chi connectivity index (χ0n) is 35.4. The molecule has 2 aliphatic heterocycles. The van der Waals surface area contributed by atoms with Gasteiger partial charge < -0.3 is 39.0 Å². The number of hydrogen-bond donors (Lipinski definition) is 1. The third-order valence-corrected chi connectivity index (χ3v) is 11.3. The number of unbranched alkanes of at least 4 members (excludes halogenated alkanes) is 1. The van der Waals surface area contributed by atoms with Crippen LogP contribution in [0.25, 0.3) is 11.4 Å². The van der Waals surface area contributed by atoms with Crippen molar-refractivity contribution >= 4 is 43.3 Å². The van der Waals surface area contributed by atoms with Crippen molar-refractivity contribution in [2.24, 2.45) is 10.8 Å². The van der Waals surface area contributed by atoms with Gasteiger partial charge in [0.1, 0.15) is 17.6 Å². The van der Waals surface area contributed by atoms with Gasteiger partial charge in [0.25, 0.3) is 5.91 Å². The first-order valence-corrected chi connectivity index (χ1v) is 21.5. The van der Waals surface area contributed by atoms with E-state index in [4.69, 9.17) is 33.0 Å². The third kappa shape index (κ3) is 14.0. The number of carbonyl (C=O) groups is 5. The SMILES string of the molecule is CCCCOC(=O)N1CCN(C(=O)[C@H](CP(=O)(OCOC(=O)C(C)(C)C)OCOC(=O)C(C)(C)C)NC(=O)c2cc(N3CC[C@H](OC)C3)nc(-c3ccccc3)n2)CC1. The summed E-state index contributed by atoms with van der Waals surface area (Å²) in [7, 11) is -2.91. The normalized spacial score (nSPS) is 16.7. The van der Waals surface area contributed by atoms with Gasteiger partial charge in [-0.2, -0.15) is 0 Å². The Balaban J connectivity index is 1.66. The summed E-state index contributed by atoms with van der Waals surface area (Å²) in [5, 5.41) is 2.70. The first kappa shape index (κ1) is 47.0. The molecule has 1 N–H and O–H groups in total. The van der Waals surface area contributed by atoms with Crippen molar-refractivity contribution in [3.05, 3.63) is 42.1 Å². The minimum absolute atomic E-state index is 0.0393. The van der Waals surface area contributed by atoms with E-state index in [-0.39, 0.29) is 50.4 Å². The summed E-state index contributed by atoms with van der Waals surface area (Å²) >= 11 is 0. The number of amides is 3. The summed E-state index contributed by atoms with van der Waals surface area (Å²) in [6, 6.07) is 9.01. The molecule has 1 aromatic heterocycles. The van der Waals surface area contributed by atoms with E-state index in [0.717, 1.165) is 12.8 Å². The Kier molecular flexibility index (Phi) is 16.8. The molecule has 19 heteroatoms. The molecular weight excluding hydrogens is 787 g/mol. The summed E-state index contributed by atoms with van der Waals surface area (Å²) in [6.45, 7) is 11.9. The molecule has 2 aromatic rings. The molecule has 326 valence electrons. The van der Waals surface area contributed by atoms with Crippen LogP contribution in [0.2, 0.25) is 0 Å². The minimum atomic E-state index is -4.54. The first-order chi connectivity index (χ1) is 27.8. The lowest BCUT2D eigenvalue weighted by atomic mass is 9.98. The maximum Gasteiger partial charge on any atom is 0.409 e. The molecule has 0 unspecified atom stereocenters. The molecule has 2 aliphatic rings. The Bertz CT molecular complexity index is 1770. The fraction of sp³-hybridized carbons (Fsp3) is 0.625. The first-order valence-electron chi connectivity index (χ1n) is 19.8. The number of benzene rings is 1. The number of ether oxygens (including phenoxy) is 4. The molecular formula is C40H59N6O12P. The van der Waals surface area contributed by atoms with E-state index in [0.29, 0.717) is 30.9 Å². The Morgan fingerprint density at radius 1 is 0.847 bits per heavy atom. The highest BCUT2D eigenvalue weighted by Gasteiger charge is 2.39. The van der Waals surface area contributed by atoms with Crippen LogP contribution in [-0.2, 0) is 46.9 Å². The summed E-state index contributed by atoms with van der Waals surface area (Å²) < 4.78 is 47.0. The van der Waals surface area contributed by atoms with Gasteiger partial charge in [-0.15, -0.1) is 0 Å². The third-order valence-electron chi connectivity index (χ3n) is 9.47. The van der Waals surface area contributed by atoms with Crippen molar-refractivity contribution in [1.82, 2.24) is 25.1 Å². The largest absolute Gasteiger partial charge is 0.449 e. The van der Waals surface area contributed by atoms with Gasteiger partial charge in [-0.1, -0.05) is 43.7 Å². The number of nitrogens with one attached hydrogen (secondary N) is 1. The fourth-order valence-corrected chi connectivity index (χ4v) is 7.23. The van der Waals surface area contributed by atoms with Gasteiger partial charge in [0, 0.05) is 58.0 Å². The van der Waals surface area contributed by atoms with Gasteiger partial charge in [-0.05, 0) is 54.4 Å². The molecule has 18 nitrogen and oxygen atoms in total. The number of hydrogen-bond acceptors (Lipinski definition) is 15. The highest BCUT2D eigenvalue weighted by Crippen LogP contribution is 2.49. The topological polar surface area (TPSA) is 205 Å². The molecule has 3 heterocycles. The van der Waals surface area contributed by atoms with Crippen LogP contribution < -0.4 is 10.2 Å². The predicted molar refractivity (Wildman–Crippen MR) is 216 cm³/mol. The number of rotatable bonds is 17. The van der Waals surface area contributed by atoms with Gasteiger partial charge >= 0.3 is 25.6 Å². The molecule has 0 radical (unpaired) electrons. The molecule has 1 aromatic carbocycles. The molecule has 0 spiro atoms. The van der Waals surface area contributed by atoms with Crippen molar-refractivity contribution in [2.45, 2.75) is 79.9 Å². The van der Waals surface area contributed by atoms with Gasteiger partial charge in [0.05, 0.1) is 29.7 Å². The maximum absolute atomic E-state index is 14.5. The summed E-state index contributed by atoms with van der Waals surface area (Å²) in [4.78, 5) is 80.7. The second-order valence-electron chi connectivity index (χ2n) is 16.4. The zero-order chi connectivity index (χ0) is 43.4. The Labute approximate surface area is 346 Å². The van der Waals surface area contributed by atoms with E-state index in [1.807, 2.05) is 30.0 Å². The summed E-state index contributed by atoms with van der Waals surface area (Å²) in [5.41, 5.74) is -1.29. The van der Waals surface area contributed by atoms with Crippen molar-refractivity contribution in [3.8, 4) is 11.4 Å². The molecule has 3 amide bonds. The number of nitrogens with zero attached hydrogens (tertiary/aromatic N) is 5. The molecule has 0 saturated carbocycles. The lowest BCUT2D eigenvalue weighted by molar-refractivity contribution is -0.162. The van der Waals surface area contributed by atoms with Crippen LogP contribution in [0, 0.1) is 10.8 Å². The minimum Gasteiger partial charge on any atom is -0.449 e. The molecule has 2 saturated heterocycles. The van der Waals surface area contributed by atoms with Crippen LogP contribution in [0.3, 0.4) is 0 Å². The van der Waals surface area contributed by atoms with Crippen LogP contribution in [0.1, 0.15) is 78.2 Å². The van der Waals surface area contributed by atoms with Crippen molar-refractivity contribution in [1.29, 1.82) is 0 Å². The fourth-order valence-electron chi connectivity index (χ4n) is 5.82. The predicted octanol–water partition coefficient (Wildman–Crippen LogP) is 4.87. The smallest absolute Gasteiger partial charge is 0.409 e. The highest BCUT2D eigenvalue weighted by molar-refractivity contribution is 7.54. The van der Waals surface area contributed by atoms with E-state index in [2.05, 4.69) is 10.3 Å². The Hall–Kier alpha value is -4.64. The quantitative estimate of drug-likeness (QED) is 0.0742. The molecule has 0 bridgehead atoms. The van der Waals surface area contributed by atoms with Crippen LogP contribution in [0.5, 0.6) is 0 Å². The number of esters is 2. The van der Waals surface area contributed by atoms with Gasteiger partial charge in [0.2, 0.25) is 19.5 Å². The summed E-state index contributed by atoms with van der Waals surface area (Å²) in [5.74, 6) is -2.07. The summed E-state index contributed by atoms with van der Waals surface area (Å²) in [6.07, 6.45) is 1.01. The van der Waals surface area contributed by atoms with E-state index < -0.39 is 74.1 Å². The van der Waals surface area contributed by atoms with E-state index in [9.17, 15) is 28.5 Å². The Morgan fingerprint density at radius 3 is 1.98 bits per heavy atom. The molecule has 2 atom stereocenters.